The van der Waals surface area contributed by atoms with Crippen LogP contribution in [0.3, 0.4) is 0 Å². The SMILES string of the molecule is Cc1cc(C#CCO)cc(C(=O)N(C)CCCCCO)c1. The summed E-state index contributed by atoms with van der Waals surface area (Å²) in [6.07, 6.45) is 2.56. The van der Waals surface area contributed by atoms with E-state index in [0.717, 1.165) is 30.4 Å². The molecule has 1 amide bonds. The Labute approximate surface area is 126 Å². The third-order valence-corrected chi connectivity index (χ3v) is 3.13. The van der Waals surface area contributed by atoms with E-state index in [1.807, 2.05) is 19.1 Å². The number of benzene rings is 1. The van der Waals surface area contributed by atoms with Crippen molar-refractivity contribution in [2.75, 3.05) is 26.8 Å². The molecule has 0 heterocycles. The standard InChI is InChI=1S/C17H23NO3/c1-14-11-15(7-6-10-20)13-16(12-14)17(21)18(2)8-4-3-5-9-19/h11-13,19-20H,3-5,8-10H2,1-2H3. The van der Waals surface area contributed by atoms with Gasteiger partial charge >= 0.3 is 0 Å². The molecule has 1 aromatic rings. The molecule has 4 heteroatoms. The topological polar surface area (TPSA) is 60.8 Å². The van der Waals surface area contributed by atoms with Crippen LogP contribution in [-0.4, -0.2) is 47.8 Å². The Morgan fingerprint density at radius 2 is 1.95 bits per heavy atom. The quantitative estimate of drug-likeness (QED) is 0.617. The number of carbonyl (C=O) groups is 1. The number of nitrogens with zero attached hydrogens (tertiary/aromatic N) is 1. The van der Waals surface area contributed by atoms with Crippen LogP contribution < -0.4 is 0 Å². The number of rotatable bonds is 6. The summed E-state index contributed by atoms with van der Waals surface area (Å²) in [7, 11) is 1.78. The lowest BCUT2D eigenvalue weighted by Gasteiger charge is -2.17. The Hall–Kier alpha value is -1.83. The minimum Gasteiger partial charge on any atom is -0.396 e. The van der Waals surface area contributed by atoms with Crippen molar-refractivity contribution in [1.29, 1.82) is 0 Å². The second kappa shape index (κ2) is 9.17. The van der Waals surface area contributed by atoms with Crippen molar-refractivity contribution in [2.24, 2.45) is 0 Å². The van der Waals surface area contributed by atoms with Gasteiger partial charge < -0.3 is 15.1 Å². The molecule has 0 atom stereocenters. The first-order valence-corrected chi connectivity index (χ1v) is 7.16. The number of amides is 1. The van der Waals surface area contributed by atoms with Crippen molar-refractivity contribution in [3.63, 3.8) is 0 Å². The summed E-state index contributed by atoms with van der Waals surface area (Å²) in [6, 6.07) is 5.49. The maximum Gasteiger partial charge on any atom is 0.253 e. The zero-order valence-electron chi connectivity index (χ0n) is 12.7. The summed E-state index contributed by atoms with van der Waals surface area (Å²) in [5.41, 5.74) is 2.32. The maximum atomic E-state index is 12.4. The van der Waals surface area contributed by atoms with Gasteiger partial charge in [-0.2, -0.15) is 0 Å². The molecule has 0 aliphatic rings. The Bertz CT molecular complexity index is 529. The normalized spacial score (nSPS) is 9.90. The fraction of sp³-hybridized carbons (Fsp3) is 0.471. The van der Waals surface area contributed by atoms with Gasteiger partial charge in [-0.1, -0.05) is 11.8 Å². The van der Waals surface area contributed by atoms with E-state index >= 15 is 0 Å². The molecule has 0 fully saturated rings. The highest BCUT2D eigenvalue weighted by Gasteiger charge is 2.12. The molecule has 0 aromatic heterocycles. The van der Waals surface area contributed by atoms with Gasteiger partial charge in [-0.05, 0) is 49.9 Å². The fourth-order valence-electron chi connectivity index (χ4n) is 2.08. The van der Waals surface area contributed by atoms with Gasteiger partial charge in [0.2, 0.25) is 0 Å². The number of carbonyl (C=O) groups excluding carboxylic acids is 1. The van der Waals surface area contributed by atoms with Crippen molar-refractivity contribution in [2.45, 2.75) is 26.2 Å². The highest BCUT2D eigenvalue weighted by molar-refractivity contribution is 5.94. The second-order valence-electron chi connectivity index (χ2n) is 5.06. The fourth-order valence-corrected chi connectivity index (χ4v) is 2.08. The lowest BCUT2D eigenvalue weighted by Crippen LogP contribution is -2.27. The maximum absolute atomic E-state index is 12.4. The van der Waals surface area contributed by atoms with Crippen molar-refractivity contribution >= 4 is 5.91 Å². The molecule has 0 radical (unpaired) electrons. The molecule has 0 bridgehead atoms. The van der Waals surface area contributed by atoms with Crippen LogP contribution in [0, 0.1) is 18.8 Å². The van der Waals surface area contributed by atoms with Crippen molar-refractivity contribution in [3.8, 4) is 11.8 Å². The predicted octanol–water partition coefficient (Wildman–Crippen LogP) is 1.57. The van der Waals surface area contributed by atoms with Gasteiger partial charge in [-0.15, -0.1) is 0 Å². The lowest BCUT2D eigenvalue weighted by molar-refractivity contribution is 0.0792. The van der Waals surface area contributed by atoms with E-state index in [-0.39, 0.29) is 19.1 Å². The van der Waals surface area contributed by atoms with Crippen LogP contribution in [0.4, 0.5) is 0 Å². The third-order valence-electron chi connectivity index (χ3n) is 3.13. The smallest absolute Gasteiger partial charge is 0.253 e. The molecule has 0 aliphatic carbocycles. The van der Waals surface area contributed by atoms with Crippen LogP contribution >= 0.6 is 0 Å². The van der Waals surface area contributed by atoms with E-state index in [1.54, 1.807) is 18.0 Å². The highest BCUT2D eigenvalue weighted by atomic mass is 16.3. The van der Waals surface area contributed by atoms with Crippen LogP contribution in [0.2, 0.25) is 0 Å². The monoisotopic (exact) mass is 289 g/mol. The molecule has 0 aliphatic heterocycles. The van der Waals surface area contributed by atoms with Crippen molar-refractivity contribution in [3.05, 3.63) is 34.9 Å². The van der Waals surface area contributed by atoms with E-state index in [2.05, 4.69) is 11.8 Å². The van der Waals surface area contributed by atoms with E-state index in [1.165, 1.54) is 0 Å². The summed E-state index contributed by atoms with van der Waals surface area (Å²) in [6.45, 7) is 2.59. The van der Waals surface area contributed by atoms with E-state index in [0.29, 0.717) is 12.1 Å². The zero-order valence-corrected chi connectivity index (χ0v) is 12.7. The molecule has 1 aromatic carbocycles. The Balaban J connectivity index is 2.74. The summed E-state index contributed by atoms with van der Waals surface area (Å²) in [5.74, 6) is 5.39. The minimum atomic E-state index is -0.192. The van der Waals surface area contributed by atoms with Crippen LogP contribution in [0.5, 0.6) is 0 Å². The molecule has 21 heavy (non-hydrogen) atoms. The van der Waals surface area contributed by atoms with Gasteiger partial charge in [-0.3, -0.25) is 4.79 Å². The number of aliphatic hydroxyl groups is 2. The first kappa shape index (κ1) is 17.2. The molecule has 0 spiro atoms. The number of hydrogen-bond donors (Lipinski definition) is 2. The van der Waals surface area contributed by atoms with E-state index in [9.17, 15) is 4.79 Å². The lowest BCUT2D eigenvalue weighted by atomic mass is 10.1. The van der Waals surface area contributed by atoms with Crippen LogP contribution in [0.1, 0.15) is 40.7 Å². The molecular formula is C17H23NO3. The molecule has 4 nitrogen and oxygen atoms in total. The van der Waals surface area contributed by atoms with Gasteiger partial charge in [0.15, 0.2) is 0 Å². The van der Waals surface area contributed by atoms with E-state index in [4.69, 9.17) is 10.2 Å². The van der Waals surface area contributed by atoms with Crippen molar-refractivity contribution < 1.29 is 15.0 Å². The average molecular weight is 289 g/mol. The second-order valence-corrected chi connectivity index (χ2v) is 5.06. The zero-order chi connectivity index (χ0) is 15.7. The number of hydrogen-bond acceptors (Lipinski definition) is 3. The molecule has 0 saturated heterocycles. The third kappa shape index (κ3) is 5.99. The Morgan fingerprint density at radius 1 is 1.19 bits per heavy atom. The molecular weight excluding hydrogens is 266 g/mol. The molecule has 0 saturated carbocycles. The average Bonchev–Trinajstić information content (AvgIpc) is 2.48. The van der Waals surface area contributed by atoms with E-state index < -0.39 is 0 Å². The first-order valence-electron chi connectivity index (χ1n) is 7.16. The number of aryl methyl sites for hydroxylation is 1. The minimum absolute atomic E-state index is 0.0326. The van der Waals surface area contributed by atoms with Gasteiger partial charge in [0.05, 0.1) is 0 Å². The summed E-state index contributed by atoms with van der Waals surface area (Å²) >= 11 is 0. The molecule has 114 valence electrons. The predicted molar refractivity (Wildman–Crippen MR) is 83.0 cm³/mol. The van der Waals surface area contributed by atoms with Gasteiger partial charge in [0.1, 0.15) is 6.61 Å². The van der Waals surface area contributed by atoms with Gasteiger partial charge in [0, 0.05) is 31.3 Å². The van der Waals surface area contributed by atoms with Gasteiger partial charge in [0.25, 0.3) is 5.91 Å². The largest absolute Gasteiger partial charge is 0.396 e. The highest BCUT2D eigenvalue weighted by Crippen LogP contribution is 2.12. The Morgan fingerprint density at radius 3 is 2.62 bits per heavy atom. The molecule has 1 rings (SSSR count). The molecule has 0 unspecified atom stereocenters. The number of unbranched alkanes of at least 4 members (excludes halogenated alkanes) is 2. The van der Waals surface area contributed by atoms with Crippen LogP contribution in [0.15, 0.2) is 18.2 Å². The number of aliphatic hydroxyl groups excluding tert-OH is 2. The summed E-state index contributed by atoms with van der Waals surface area (Å²) in [4.78, 5) is 14.1. The van der Waals surface area contributed by atoms with Crippen LogP contribution in [0.25, 0.3) is 0 Å². The first-order chi connectivity index (χ1) is 10.1. The summed E-state index contributed by atoms with van der Waals surface area (Å²) < 4.78 is 0. The van der Waals surface area contributed by atoms with Crippen molar-refractivity contribution in [1.82, 2.24) is 4.90 Å². The van der Waals surface area contributed by atoms with Crippen LogP contribution in [-0.2, 0) is 0 Å². The molecule has 2 N–H and O–H groups in total. The van der Waals surface area contributed by atoms with Gasteiger partial charge in [-0.25, -0.2) is 0 Å². The Kier molecular flexibility index (Phi) is 7.52. The summed E-state index contributed by atoms with van der Waals surface area (Å²) in [5, 5.41) is 17.5.